The van der Waals surface area contributed by atoms with Gasteiger partial charge < -0.3 is 5.32 Å². The molecule has 0 fully saturated rings. The summed E-state index contributed by atoms with van der Waals surface area (Å²) in [6.07, 6.45) is 0. The number of aromatic nitrogens is 5. The van der Waals surface area contributed by atoms with Gasteiger partial charge in [-0.1, -0.05) is 0 Å². The molecule has 0 unspecified atom stereocenters. The Morgan fingerprint density at radius 3 is 2.56 bits per heavy atom. The van der Waals surface area contributed by atoms with Crippen LogP contribution in [0.5, 0.6) is 0 Å². The molecule has 0 atom stereocenters. The Labute approximate surface area is 148 Å². The van der Waals surface area contributed by atoms with Gasteiger partial charge in [0.25, 0.3) is 5.56 Å². The molecule has 0 saturated carbocycles. The van der Waals surface area contributed by atoms with Crippen LogP contribution in [-0.4, -0.2) is 30.5 Å². The SMILES string of the molecule is Cc1cc(C)n(-c2ccc(=O)n(CC(=O)Nc3nc(C)c(C)s3)n2)n1. The van der Waals surface area contributed by atoms with Crippen LogP contribution in [0.3, 0.4) is 0 Å². The van der Waals surface area contributed by atoms with Crippen molar-refractivity contribution >= 4 is 22.4 Å². The fourth-order valence-electron chi connectivity index (χ4n) is 2.35. The first-order valence-corrected chi connectivity index (χ1v) is 8.51. The lowest BCUT2D eigenvalue weighted by Gasteiger charge is -2.08. The van der Waals surface area contributed by atoms with Crippen molar-refractivity contribution in [1.82, 2.24) is 24.5 Å². The molecule has 0 aromatic carbocycles. The first kappa shape index (κ1) is 17.0. The van der Waals surface area contributed by atoms with E-state index in [4.69, 9.17) is 0 Å². The van der Waals surface area contributed by atoms with Gasteiger partial charge in [0, 0.05) is 16.6 Å². The summed E-state index contributed by atoms with van der Waals surface area (Å²) in [7, 11) is 0. The van der Waals surface area contributed by atoms with Crippen LogP contribution in [0.1, 0.15) is 22.0 Å². The molecule has 0 aliphatic rings. The zero-order chi connectivity index (χ0) is 18.1. The van der Waals surface area contributed by atoms with Crippen molar-refractivity contribution < 1.29 is 4.79 Å². The molecule has 0 spiro atoms. The van der Waals surface area contributed by atoms with E-state index < -0.39 is 0 Å². The van der Waals surface area contributed by atoms with Crippen LogP contribution in [-0.2, 0) is 11.3 Å². The lowest BCUT2D eigenvalue weighted by atomic mass is 10.4. The number of aryl methyl sites for hydroxylation is 4. The van der Waals surface area contributed by atoms with Crippen LogP contribution < -0.4 is 10.9 Å². The van der Waals surface area contributed by atoms with Gasteiger partial charge >= 0.3 is 0 Å². The first-order valence-electron chi connectivity index (χ1n) is 7.69. The second-order valence-electron chi connectivity index (χ2n) is 5.74. The number of nitrogens with zero attached hydrogens (tertiary/aromatic N) is 5. The number of carbonyl (C=O) groups excluding carboxylic acids is 1. The highest BCUT2D eigenvalue weighted by atomic mass is 32.1. The molecule has 25 heavy (non-hydrogen) atoms. The zero-order valence-electron chi connectivity index (χ0n) is 14.4. The molecule has 0 bridgehead atoms. The van der Waals surface area contributed by atoms with E-state index in [0.717, 1.165) is 26.6 Å². The predicted octanol–water partition coefficient (Wildman–Crippen LogP) is 1.76. The van der Waals surface area contributed by atoms with Gasteiger partial charge in [0.05, 0.1) is 11.4 Å². The van der Waals surface area contributed by atoms with Gasteiger partial charge in [0.2, 0.25) is 5.91 Å². The van der Waals surface area contributed by atoms with Crippen LogP contribution in [0.15, 0.2) is 23.0 Å². The molecular formula is C16H18N6O2S. The summed E-state index contributed by atoms with van der Waals surface area (Å²) in [6.45, 7) is 7.41. The van der Waals surface area contributed by atoms with E-state index in [1.807, 2.05) is 33.8 Å². The fourth-order valence-corrected chi connectivity index (χ4v) is 3.18. The van der Waals surface area contributed by atoms with Gasteiger partial charge in [-0.05, 0) is 39.8 Å². The summed E-state index contributed by atoms with van der Waals surface area (Å²) in [6, 6.07) is 4.88. The largest absolute Gasteiger partial charge is 0.300 e. The molecule has 0 aliphatic heterocycles. The van der Waals surface area contributed by atoms with E-state index in [-0.39, 0.29) is 18.0 Å². The van der Waals surface area contributed by atoms with Crippen molar-refractivity contribution in [1.29, 1.82) is 0 Å². The zero-order valence-corrected chi connectivity index (χ0v) is 15.2. The topological polar surface area (TPSA) is 94.7 Å². The van der Waals surface area contributed by atoms with Crippen molar-refractivity contribution in [3.8, 4) is 5.82 Å². The van der Waals surface area contributed by atoms with Gasteiger partial charge in [-0.25, -0.2) is 14.3 Å². The van der Waals surface area contributed by atoms with Crippen molar-refractivity contribution in [2.75, 3.05) is 5.32 Å². The van der Waals surface area contributed by atoms with E-state index in [2.05, 4.69) is 20.5 Å². The minimum absolute atomic E-state index is 0.191. The van der Waals surface area contributed by atoms with Crippen LogP contribution in [0.2, 0.25) is 0 Å². The first-order chi connectivity index (χ1) is 11.8. The fraction of sp³-hybridized carbons (Fsp3) is 0.312. The third-order valence-corrected chi connectivity index (χ3v) is 4.64. The van der Waals surface area contributed by atoms with Crippen LogP contribution in [0.4, 0.5) is 5.13 Å². The number of amides is 1. The molecule has 3 aromatic rings. The molecule has 1 N–H and O–H groups in total. The number of anilines is 1. The molecule has 9 heteroatoms. The van der Waals surface area contributed by atoms with E-state index >= 15 is 0 Å². The molecule has 130 valence electrons. The number of rotatable bonds is 4. The van der Waals surface area contributed by atoms with Gasteiger partial charge in [-0.2, -0.15) is 5.10 Å². The highest BCUT2D eigenvalue weighted by Gasteiger charge is 2.12. The molecule has 0 saturated heterocycles. The number of carbonyl (C=O) groups is 1. The minimum atomic E-state index is -0.355. The smallest absolute Gasteiger partial charge is 0.267 e. The Kier molecular flexibility index (Phi) is 4.49. The van der Waals surface area contributed by atoms with Gasteiger partial charge in [0.1, 0.15) is 6.54 Å². The molecule has 3 heterocycles. The van der Waals surface area contributed by atoms with Crippen molar-refractivity contribution in [2.45, 2.75) is 34.2 Å². The Morgan fingerprint density at radius 1 is 1.20 bits per heavy atom. The lowest BCUT2D eigenvalue weighted by Crippen LogP contribution is -2.30. The standard InChI is InChI=1S/C16H18N6O2S/c1-9-7-10(2)22(19-9)13-5-6-15(24)21(20-13)8-14(23)18-16-17-11(3)12(4)25-16/h5-7H,8H2,1-4H3,(H,17,18,23). The Balaban J connectivity index is 1.82. The second-order valence-corrected chi connectivity index (χ2v) is 6.94. The summed E-state index contributed by atoms with van der Waals surface area (Å²) < 4.78 is 2.76. The van der Waals surface area contributed by atoms with Crippen LogP contribution in [0.25, 0.3) is 5.82 Å². The molecule has 3 rings (SSSR count). The summed E-state index contributed by atoms with van der Waals surface area (Å²) in [5.74, 6) is 0.132. The summed E-state index contributed by atoms with van der Waals surface area (Å²) >= 11 is 1.40. The number of nitrogens with one attached hydrogen (secondary N) is 1. The number of hydrogen-bond donors (Lipinski definition) is 1. The molecule has 1 amide bonds. The normalized spacial score (nSPS) is 10.9. The average Bonchev–Trinajstić information content (AvgIpc) is 3.03. The van der Waals surface area contributed by atoms with E-state index in [1.165, 1.54) is 17.4 Å². The van der Waals surface area contributed by atoms with Gasteiger partial charge in [-0.15, -0.1) is 16.4 Å². The molecule has 3 aromatic heterocycles. The summed E-state index contributed by atoms with van der Waals surface area (Å²) in [4.78, 5) is 29.5. The van der Waals surface area contributed by atoms with Crippen molar-refractivity contribution in [3.63, 3.8) is 0 Å². The number of hydrogen-bond acceptors (Lipinski definition) is 6. The third-order valence-electron chi connectivity index (χ3n) is 3.65. The molecule has 0 radical (unpaired) electrons. The van der Waals surface area contributed by atoms with Crippen LogP contribution in [0, 0.1) is 27.7 Å². The molecule has 0 aliphatic carbocycles. The second kappa shape index (κ2) is 6.60. The number of thiazole rings is 1. The quantitative estimate of drug-likeness (QED) is 0.767. The average molecular weight is 358 g/mol. The monoisotopic (exact) mass is 358 g/mol. The maximum Gasteiger partial charge on any atom is 0.267 e. The Hall–Kier alpha value is -2.81. The van der Waals surface area contributed by atoms with Crippen LogP contribution >= 0.6 is 11.3 Å². The Morgan fingerprint density at radius 2 is 1.96 bits per heavy atom. The van der Waals surface area contributed by atoms with E-state index in [9.17, 15) is 9.59 Å². The molecular weight excluding hydrogens is 340 g/mol. The predicted molar refractivity (Wildman–Crippen MR) is 95.3 cm³/mol. The maximum absolute atomic E-state index is 12.2. The van der Waals surface area contributed by atoms with E-state index in [0.29, 0.717) is 10.9 Å². The summed E-state index contributed by atoms with van der Waals surface area (Å²) in [5.41, 5.74) is 2.27. The van der Waals surface area contributed by atoms with Crippen molar-refractivity contribution in [3.05, 3.63) is 50.5 Å². The maximum atomic E-state index is 12.2. The highest BCUT2D eigenvalue weighted by molar-refractivity contribution is 7.15. The van der Waals surface area contributed by atoms with Gasteiger partial charge in [-0.3, -0.25) is 9.59 Å². The highest BCUT2D eigenvalue weighted by Crippen LogP contribution is 2.20. The lowest BCUT2D eigenvalue weighted by molar-refractivity contribution is -0.117. The molecule has 8 nitrogen and oxygen atoms in total. The third kappa shape index (κ3) is 3.66. The summed E-state index contributed by atoms with van der Waals surface area (Å²) in [5, 5.41) is 11.8. The van der Waals surface area contributed by atoms with Gasteiger partial charge in [0.15, 0.2) is 10.9 Å². The Bertz CT molecular complexity index is 981. The minimum Gasteiger partial charge on any atom is -0.300 e. The van der Waals surface area contributed by atoms with Crippen molar-refractivity contribution in [2.24, 2.45) is 0 Å². The van der Waals surface area contributed by atoms with E-state index in [1.54, 1.807) is 10.7 Å².